The Labute approximate surface area is 218 Å². The number of halogens is 1. The number of anilines is 3. The summed E-state index contributed by atoms with van der Waals surface area (Å²) in [5, 5.41) is 4.18. The van der Waals surface area contributed by atoms with Gasteiger partial charge >= 0.3 is 0 Å². The third-order valence-electron chi connectivity index (χ3n) is 5.87. The van der Waals surface area contributed by atoms with Gasteiger partial charge in [0, 0.05) is 54.9 Å². The van der Waals surface area contributed by atoms with Crippen LogP contribution in [0.25, 0.3) is 32.4 Å². The molecule has 186 valence electrons. The fourth-order valence-corrected chi connectivity index (χ4v) is 5.74. The lowest BCUT2D eigenvalue weighted by Gasteiger charge is -2.29. The van der Waals surface area contributed by atoms with E-state index < -0.39 is 0 Å². The summed E-state index contributed by atoms with van der Waals surface area (Å²) in [6.07, 6.45) is 2.61. The summed E-state index contributed by atoms with van der Waals surface area (Å²) < 4.78 is 18.8. The van der Waals surface area contributed by atoms with Crippen molar-refractivity contribution < 1.29 is 4.39 Å². The summed E-state index contributed by atoms with van der Waals surface area (Å²) >= 11 is 2.96. The Morgan fingerprint density at radius 3 is 2.67 bits per heavy atom. The van der Waals surface area contributed by atoms with E-state index in [0.29, 0.717) is 22.6 Å². The molecule has 1 aliphatic heterocycles. The number of piperazine rings is 1. The van der Waals surface area contributed by atoms with Crippen molar-refractivity contribution in [2.24, 2.45) is 0 Å². The van der Waals surface area contributed by atoms with Crippen LogP contribution in [-0.2, 0) is 0 Å². The fraction of sp³-hybridized carbons (Fsp3) is 0.269. The van der Waals surface area contributed by atoms with E-state index in [2.05, 4.69) is 56.1 Å². The van der Waals surface area contributed by atoms with Crippen molar-refractivity contribution in [2.75, 3.05) is 47.3 Å². The van der Waals surface area contributed by atoms with Gasteiger partial charge in [-0.2, -0.15) is 0 Å². The molecule has 2 aromatic carbocycles. The summed E-state index contributed by atoms with van der Waals surface area (Å²) in [7, 11) is 0. The van der Waals surface area contributed by atoms with Crippen LogP contribution in [0.3, 0.4) is 0 Å². The van der Waals surface area contributed by atoms with Crippen LogP contribution in [0, 0.1) is 5.82 Å². The number of aromatic nitrogens is 3. The van der Waals surface area contributed by atoms with E-state index in [9.17, 15) is 0 Å². The van der Waals surface area contributed by atoms with Gasteiger partial charge < -0.3 is 20.7 Å². The number of nitrogens with two attached hydrogens (primary N) is 1. The molecule has 0 saturated carbocycles. The zero-order valence-electron chi connectivity index (χ0n) is 20.0. The van der Waals surface area contributed by atoms with E-state index >= 15 is 4.39 Å². The SMILES string of the molecule is CCCSNc1cccc(-c2nc(-c3ccc(N4CCNCC4)cc3)sc2-c2ccnc(N)n2)c1F. The molecule has 0 spiro atoms. The van der Waals surface area contributed by atoms with Gasteiger partial charge in [0.05, 0.1) is 22.0 Å². The van der Waals surface area contributed by atoms with Crippen molar-refractivity contribution in [1.82, 2.24) is 20.3 Å². The topological polar surface area (TPSA) is 92.0 Å². The molecule has 1 saturated heterocycles. The Bertz CT molecular complexity index is 1320. The lowest BCUT2D eigenvalue weighted by molar-refractivity contribution is 0.589. The average molecular weight is 522 g/mol. The Kier molecular flexibility index (Phi) is 7.64. The monoisotopic (exact) mass is 521 g/mol. The molecule has 3 heterocycles. The van der Waals surface area contributed by atoms with Gasteiger partial charge in [-0.05, 0) is 48.9 Å². The quantitative estimate of drug-likeness (QED) is 0.206. The van der Waals surface area contributed by atoms with Gasteiger partial charge in [-0.15, -0.1) is 11.3 Å². The molecule has 0 amide bonds. The first kappa shape index (κ1) is 24.5. The zero-order valence-corrected chi connectivity index (χ0v) is 21.6. The predicted octanol–water partition coefficient (Wildman–Crippen LogP) is 5.54. The molecule has 0 bridgehead atoms. The summed E-state index contributed by atoms with van der Waals surface area (Å²) in [6, 6.07) is 15.5. The molecule has 0 radical (unpaired) electrons. The Morgan fingerprint density at radius 1 is 1.11 bits per heavy atom. The molecule has 4 aromatic rings. The summed E-state index contributed by atoms with van der Waals surface area (Å²) in [4.78, 5) is 16.5. The number of thiazole rings is 1. The third kappa shape index (κ3) is 5.30. The van der Waals surface area contributed by atoms with Gasteiger partial charge in [-0.3, -0.25) is 0 Å². The summed E-state index contributed by atoms with van der Waals surface area (Å²) in [5.74, 6) is 0.718. The van der Waals surface area contributed by atoms with Crippen molar-refractivity contribution in [1.29, 1.82) is 0 Å². The minimum atomic E-state index is -0.338. The van der Waals surface area contributed by atoms with E-state index in [0.717, 1.165) is 53.8 Å². The molecule has 0 unspecified atom stereocenters. The molecular weight excluding hydrogens is 493 g/mol. The largest absolute Gasteiger partial charge is 0.369 e. The van der Waals surface area contributed by atoms with Gasteiger partial charge in [-0.25, -0.2) is 19.3 Å². The molecule has 5 rings (SSSR count). The number of nitrogens with one attached hydrogen (secondary N) is 2. The van der Waals surface area contributed by atoms with Crippen molar-refractivity contribution in [3.05, 3.63) is 60.5 Å². The average Bonchev–Trinajstić information content (AvgIpc) is 3.36. The van der Waals surface area contributed by atoms with Gasteiger partial charge in [0.25, 0.3) is 0 Å². The second-order valence-electron chi connectivity index (χ2n) is 8.40. The van der Waals surface area contributed by atoms with Crippen LogP contribution in [0.5, 0.6) is 0 Å². The number of rotatable bonds is 8. The first-order chi connectivity index (χ1) is 17.6. The highest BCUT2D eigenvalue weighted by Gasteiger charge is 2.22. The third-order valence-corrected chi connectivity index (χ3v) is 7.98. The fourth-order valence-electron chi connectivity index (χ4n) is 4.06. The Hall–Kier alpha value is -3.21. The van der Waals surface area contributed by atoms with E-state index in [1.165, 1.54) is 29.0 Å². The molecule has 2 aromatic heterocycles. The summed E-state index contributed by atoms with van der Waals surface area (Å²) in [5.41, 5.74) is 10.1. The number of nitrogens with zero attached hydrogens (tertiary/aromatic N) is 4. The van der Waals surface area contributed by atoms with Gasteiger partial charge in [0.1, 0.15) is 5.01 Å². The molecule has 0 atom stereocenters. The molecule has 0 aliphatic carbocycles. The molecule has 36 heavy (non-hydrogen) atoms. The van der Waals surface area contributed by atoms with Crippen LogP contribution >= 0.6 is 23.3 Å². The Balaban J connectivity index is 1.54. The number of hydrogen-bond acceptors (Lipinski definition) is 9. The van der Waals surface area contributed by atoms with E-state index in [1.807, 2.05) is 6.07 Å². The predicted molar refractivity (Wildman–Crippen MR) is 150 cm³/mol. The highest BCUT2D eigenvalue weighted by Crippen LogP contribution is 2.42. The smallest absolute Gasteiger partial charge is 0.220 e. The maximum Gasteiger partial charge on any atom is 0.220 e. The number of benzene rings is 2. The van der Waals surface area contributed by atoms with E-state index in [-0.39, 0.29) is 11.8 Å². The van der Waals surface area contributed by atoms with Crippen LogP contribution in [0.1, 0.15) is 13.3 Å². The number of hydrogen-bond donors (Lipinski definition) is 3. The molecule has 1 fully saturated rings. The van der Waals surface area contributed by atoms with Gasteiger partial charge in [0.2, 0.25) is 5.95 Å². The molecular formula is C26H28FN7S2. The van der Waals surface area contributed by atoms with Crippen LogP contribution in [0.4, 0.5) is 21.7 Å². The van der Waals surface area contributed by atoms with Crippen LogP contribution < -0.4 is 20.7 Å². The lowest BCUT2D eigenvalue weighted by atomic mass is 10.1. The molecule has 1 aliphatic rings. The standard InChI is InChI=1S/C26H28FN7S2/c1-2-16-35-33-20-5-3-4-19(22(20)27)23-24(21-10-11-30-26(28)31-21)36-25(32-23)17-6-8-18(9-7-17)34-14-12-29-13-15-34/h3-11,29,33H,2,12-16H2,1H3,(H2,28,30,31). The van der Waals surface area contributed by atoms with Crippen molar-refractivity contribution in [3.63, 3.8) is 0 Å². The zero-order chi connectivity index (χ0) is 24.9. The number of nitrogen functional groups attached to an aromatic ring is 1. The second kappa shape index (κ2) is 11.2. The van der Waals surface area contributed by atoms with Crippen molar-refractivity contribution in [2.45, 2.75) is 13.3 Å². The van der Waals surface area contributed by atoms with Gasteiger partial charge in [0.15, 0.2) is 5.82 Å². The first-order valence-electron chi connectivity index (χ1n) is 12.0. The normalized spacial score (nSPS) is 13.7. The van der Waals surface area contributed by atoms with Crippen LogP contribution in [-0.4, -0.2) is 46.9 Å². The lowest BCUT2D eigenvalue weighted by Crippen LogP contribution is -2.43. The minimum Gasteiger partial charge on any atom is -0.369 e. The summed E-state index contributed by atoms with van der Waals surface area (Å²) in [6.45, 7) is 6.04. The van der Waals surface area contributed by atoms with Gasteiger partial charge in [-0.1, -0.05) is 24.9 Å². The van der Waals surface area contributed by atoms with E-state index in [4.69, 9.17) is 10.7 Å². The molecule has 4 N–H and O–H groups in total. The maximum absolute atomic E-state index is 15.7. The highest BCUT2D eigenvalue weighted by molar-refractivity contribution is 8.00. The minimum absolute atomic E-state index is 0.167. The van der Waals surface area contributed by atoms with Crippen molar-refractivity contribution >= 4 is 40.6 Å². The second-order valence-corrected chi connectivity index (χ2v) is 10.3. The van der Waals surface area contributed by atoms with E-state index in [1.54, 1.807) is 24.4 Å². The maximum atomic E-state index is 15.7. The van der Waals surface area contributed by atoms with Crippen LogP contribution in [0.15, 0.2) is 54.7 Å². The molecule has 7 nitrogen and oxygen atoms in total. The highest BCUT2D eigenvalue weighted by atomic mass is 32.2. The first-order valence-corrected chi connectivity index (χ1v) is 13.8. The molecule has 10 heteroatoms. The van der Waals surface area contributed by atoms with Crippen LogP contribution in [0.2, 0.25) is 0 Å². The Morgan fingerprint density at radius 2 is 1.92 bits per heavy atom. The van der Waals surface area contributed by atoms with Crippen molar-refractivity contribution in [3.8, 4) is 32.4 Å².